The monoisotopic (exact) mass is 418 g/mol. The Kier molecular flexibility index (Phi) is 6.12. The molecule has 4 amide bonds. The smallest absolute Gasteiger partial charge is 0.320 e. The first-order valence-electron chi connectivity index (χ1n) is 10.1. The van der Waals surface area contributed by atoms with Gasteiger partial charge in [-0.15, -0.1) is 0 Å². The number of anilines is 3. The van der Waals surface area contributed by atoms with E-state index in [0.29, 0.717) is 36.7 Å². The van der Waals surface area contributed by atoms with Crippen LogP contribution in [0.2, 0.25) is 0 Å². The Labute approximate surface area is 180 Å². The zero-order valence-electron chi connectivity index (χ0n) is 16.9. The van der Waals surface area contributed by atoms with Gasteiger partial charge in [-0.05, 0) is 48.4 Å². The number of hydrogen-bond acceptors (Lipinski definition) is 2. The fourth-order valence-corrected chi connectivity index (χ4v) is 3.58. The highest BCUT2D eigenvalue weighted by atomic mass is 19.1. The molecule has 0 saturated carbocycles. The van der Waals surface area contributed by atoms with Crippen LogP contribution >= 0.6 is 0 Å². The fourth-order valence-electron chi connectivity index (χ4n) is 3.58. The fraction of sp³-hybridized carbons (Fsp3) is 0.167. The van der Waals surface area contributed by atoms with Crippen LogP contribution in [0.25, 0.3) is 0 Å². The average Bonchev–Trinajstić information content (AvgIpc) is 2.78. The normalized spacial score (nSPS) is 13.8. The quantitative estimate of drug-likeness (QED) is 0.590. The number of para-hydroxylation sites is 3. The molecule has 4 rings (SSSR count). The summed E-state index contributed by atoms with van der Waals surface area (Å²) in [6.45, 7) is 1.58. The lowest BCUT2D eigenvalue weighted by molar-refractivity contribution is 0.192. The number of urea groups is 2. The summed E-state index contributed by atoms with van der Waals surface area (Å²) in [6.07, 6.45) is 0.789. The van der Waals surface area contributed by atoms with Gasteiger partial charge in [-0.2, -0.15) is 0 Å². The Hall–Kier alpha value is -3.87. The molecule has 2 N–H and O–H groups in total. The highest BCUT2D eigenvalue weighted by Crippen LogP contribution is 2.29. The summed E-state index contributed by atoms with van der Waals surface area (Å²) < 4.78 is 13.2. The highest BCUT2D eigenvalue weighted by Gasteiger charge is 2.28. The molecule has 0 unspecified atom stereocenters. The lowest BCUT2D eigenvalue weighted by Gasteiger charge is -2.36. The van der Waals surface area contributed by atoms with Crippen molar-refractivity contribution in [2.45, 2.75) is 13.0 Å². The number of carbonyl (C=O) groups is 2. The van der Waals surface area contributed by atoms with Crippen LogP contribution < -0.4 is 15.5 Å². The summed E-state index contributed by atoms with van der Waals surface area (Å²) in [5.74, 6) is -0.302. The van der Waals surface area contributed by atoms with Crippen LogP contribution in [-0.4, -0.2) is 30.1 Å². The van der Waals surface area contributed by atoms with Crippen LogP contribution in [-0.2, 0) is 6.54 Å². The van der Waals surface area contributed by atoms with Gasteiger partial charge < -0.3 is 15.5 Å². The van der Waals surface area contributed by atoms with Crippen molar-refractivity contribution in [2.24, 2.45) is 0 Å². The number of nitrogens with zero attached hydrogens (tertiary/aromatic N) is 2. The molecule has 158 valence electrons. The molecule has 1 fully saturated rings. The number of benzene rings is 3. The van der Waals surface area contributed by atoms with E-state index in [9.17, 15) is 14.0 Å². The number of nitrogens with one attached hydrogen (secondary N) is 2. The molecule has 3 aromatic rings. The Balaban J connectivity index is 1.49. The summed E-state index contributed by atoms with van der Waals surface area (Å²) in [4.78, 5) is 29.0. The van der Waals surface area contributed by atoms with Crippen molar-refractivity contribution in [3.8, 4) is 0 Å². The third-order valence-electron chi connectivity index (χ3n) is 5.07. The summed E-state index contributed by atoms with van der Waals surface area (Å²) in [7, 11) is 0. The molecule has 0 radical (unpaired) electrons. The Morgan fingerprint density at radius 1 is 0.871 bits per heavy atom. The van der Waals surface area contributed by atoms with E-state index in [1.54, 1.807) is 40.1 Å². The topological polar surface area (TPSA) is 64.7 Å². The molecule has 3 aromatic carbocycles. The molecule has 0 aliphatic carbocycles. The van der Waals surface area contributed by atoms with Gasteiger partial charge in [-0.3, -0.25) is 4.90 Å². The van der Waals surface area contributed by atoms with Crippen LogP contribution in [0.4, 0.5) is 31.0 Å². The minimum Gasteiger partial charge on any atom is -0.320 e. The number of halogens is 1. The van der Waals surface area contributed by atoms with Crippen molar-refractivity contribution >= 4 is 29.1 Å². The maximum absolute atomic E-state index is 13.2. The van der Waals surface area contributed by atoms with Crippen molar-refractivity contribution in [2.75, 3.05) is 28.6 Å². The molecule has 7 heteroatoms. The van der Waals surface area contributed by atoms with Crippen LogP contribution in [0, 0.1) is 5.82 Å². The van der Waals surface area contributed by atoms with E-state index in [0.717, 1.165) is 12.0 Å². The van der Waals surface area contributed by atoms with Gasteiger partial charge in [-0.25, -0.2) is 14.0 Å². The summed E-state index contributed by atoms with van der Waals surface area (Å²) in [6, 6.07) is 22.0. The molecule has 6 nitrogen and oxygen atoms in total. The number of amides is 4. The van der Waals surface area contributed by atoms with Gasteiger partial charge >= 0.3 is 12.1 Å². The zero-order valence-corrected chi connectivity index (χ0v) is 16.9. The molecule has 1 heterocycles. The third-order valence-corrected chi connectivity index (χ3v) is 5.07. The van der Waals surface area contributed by atoms with Gasteiger partial charge in [0.05, 0.1) is 11.4 Å². The molecule has 0 atom stereocenters. The molecule has 0 spiro atoms. The summed E-state index contributed by atoms with van der Waals surface area (Å²) in [5.41, 5.74) is 2.73. The van der Waals surface area contributed by atoms with Gasteiger partial charge in [0.1, 0.15) is 5.82 Å². The second kappa shape index (κ2) is 9.30. The Morgan fingerprint density at radius 3 is 2.35 bits per heavy atom. The first kappa shape index (κ1) is 20.4. The first-order chi connectivity index (χ1) is 15.1. The minimum atomic E-state index is -0.383. The summed E-state index contributed by atoms with van der Waals surface area (Å²) >= 11 is 0. The third kappa shape index (κ3) is 5.01. The van der Waals surface area contributed by atoms with Gasteiger partial charge in [0.25, 0.3) is 0 Å². The largest absolute Gasteiger partial charge is 0.324 e. The van der Waals surface area contributed by atoms with Crippen molar-refractivity contribution < 1.29 is 14.0 Å². The van der Waals surface area contributed by atoms with E-state index in [-0.39, 0.29) is 17.9 Å². The van der Waals surface area contributed by atoms with Crippen LogP contribution in [0.1, 0.15) is 12.0 Å². The lowest BCUT2D eigenvalue weighted by Crippen LogP contribution is -2.49. The maximum atomic E-state index is 13.2. The molecule has 31 heavy (non-hydrogen) atoms. The summed E-state index contributed by atoms with van der Waals surface area (Å²) in [5, 5.41) is 5.63. The molecular formula is C24H23FN4O2. The van der Waals surface area contributed by atoms with Crippen LogP contribution in [0.3, 0.4) is 0 Å². The van der Waals surface area contributed by atoms with Crippen molar-refractivity contribution in [3.63, 3.8) is 0 Å². The lowest BCUT2D eigenvalue weighted by atomic mass is 10.1. The van der Waals surface area contributed by atoms with Crippen LogP contribution in [0.5, 0.6) is 0 Å². The van der Waals surface area contributed by atoms with Crippen molar-refractivity contribution in [3.05, 3.63) is 90.2 Å². The maximum Gasteiger partial charge on any atom is 0.324 e. The van der Waals surface area contributed by atoms with Gasteiger partial charge in [0.2, 0.25) is 0 Å². The van der Waals surface area contributed by atoms with Gasteiger partial charge in [0, 0.05) is 25.3 Å². The standard InChI is InChI=1S/C24H23FN4O2/c25-19-13-11-18(12-14-19)17-28-15-6-16-29(24(28)31)22-10-5-4-9-21(22)27-23(30)26-20-7-2-1-3-8-20/h1-5,7-14H,6,15-17H2,(H2,26,27,30). The van der Waals surface area contributed by atoms with E-state index in [4.69, 9.17) is 0 Å². The minimum absolute atomic E-state index is 0.145. The van der Waals surface area contributed by atoms with Gasteiger partial charge in [-0.1, -0.05) is 42.5 Å². The Morgan fingerprint density at radius 2 is 1.58 bits per heavy atom. The molecular weight excluding hydrogens is 395 g/mol. The van der Waals surface area contributed by atoms with Gasteiger partial charge in [0.15, 0.2) is 0 Å². The number of hydrogen-bond donors (Lipinski definition) is 2. The van der Waals surface area contributed by atoms with E-state index in [2.05, 4.69) is 10.6 Å². The average molecular weight is 418 g/mol. The predicted octanol–water partition coefficient (Wildman–Crippen LogP) is 5.30. The van der Waals surface area contributed by atoms with E-state index >= 15 is 0 Å². The van der Waals surface area contributed by atoms with Crippen molar-refractivity contribution in [1.82, 2.24) is 4.90 Å². The number of rotatable bonds is 5. The first-order valence-corrected chi connectivity index (χ1v) is 10.1. The van der Waals surface area contributed by atoms with E-state index in [1.165, 1.54) is 12.1 Å². The molecule has 0 aromatic heterocycles. The van der Waals surface area contributed by atoms with Crippen LogP contribution in [0.15, 0.2) is 78.9 Å². The second-order valence-electron chi connectivity index (χ2n) is 7.30. The molecule has 1 saturated heterocycles. The van der Waals surface area contributed by atoms with Crippen molar-refractivity contribution in [1.29, 1.82) is 0 Å². The second-order valence-corrected chi connectivity index (χ2v) is 7.30. The number of carbonyl (C=O) groups excluding carboxylic acids is 2. The highest BCUT2D eigenvalue weighted by molar-refractivity contribution is 6.04. The van der Waals surface area contributed by atoms with E-state index in [1.807, 2.05) is 36.4 Å². The zero-order chi connectivity index (χ0) is 21.6. The molecule has 0 bridgehead atoms. The molecule has 1 aliphatic heterocycles. The predicted molar refractivity (Wildman–Crippen MR) is 120 cm³/mol. The molecule has 1 aliphatic rings. The Bertz CT molecular complexity index is 1060. The van der Waals surface area contributed by atoms with E-state index < -0.39 is 0 Å². The SMILES string of the molecule is O=C(Nc1ccccc1)Nc1ccccc1N1CCCN(Cc2ccc(F)cc2)C1=O.